The van der Waals surface area contributed by atoms with E-state index in [1.165, 1.54) is 0 Å². The molecule has 4 heteroatoms. The van der Waals surface area contributed by atoms with Crippen molar-refractivity contribution in [1.29, 1.82) is 0 Å². The molecule has 1 fully saturated rings. The Morgan fingerprint density at radius 1 is 1.39 bits per heavy atom. The third-order valence-electron chi connectivity index (χ3n) is 2.87. The average Bonchev–Trinajstić information content (AvgIpc) is 2.34. The van der Waals surface area contributed by atoms with Gasteiger partial charge in [-0.25, -0.2) is 0 Å². The van der Waals surface area contributed by atoms with Crippen molar-refractivity contribution in [3.05, 3.63) is 18.2 Å². The summed E-state index contributed by atoms with van der Waals surface area (Å²) >= 11 is 0. The van der Waals surface area contributed by atoms with Gasteiger partial charge < -0.3 is 20.5 Å². The fraction of sp³-hybridized carbons (Fsp3) is 0.571. The quantitative estimate of drug-likeness (QED) is 0.807. The third-order valence-corrected chi connectivity index (χ3v) is 2.87. The van der Waals surface area contributed by atoms with Crippen molar-refractivity contribution in [2.75, 3.05) is 17.7 Å². The van der Waals surface area contributed by atoms with Gasteiger partial charge in [0, 0.05) is 18.5 Å². The molecule has 0 radical (unpaired) electrons. The number of hydrogen-bond acceptors (Lipinski definition) is 4. The number of nitrogens with two attached hydrogens (primary N) is 1. The molecule has 2 rings (SSSR count). The van der Waals surface area contributed by atoms with Crippen molar-refractivity contribution in [2.24, 2.45) is 0 Å². The molecule has 1 aliphatic heterocycles. The molecule has 18 heavy (non-hydrogen) atoms. The van der Waals surface area contributed by atoms with Gasteiger partial charge in [0.15, 0.2) is 6.29 Å². The Kier molecular flexibility index (Phi) is 4.31. The Morgan fingerprint density at radius 2 is 2.22 bits per heavy atom. The zero-order valence-corrected chi connectivity index (χ0v) is 11.1. The lowest BCUT2D eigenvalue weighted by molar-refractivity contribution is -0.105. The molecule has 0 aromatic heterocycles. The van der Waals surface area contributed by atoms with Crippen LogP contribution in [0.1, 0.15) is 33.1 Å². The van der Waals surface area contributed by atoms with Gasteiger partial charge in [0.05, 0.1) is 18.0 Å². The monoisotopic (exact) mass is 250 g/mol. The van der Waals surface area contributed by atoms with Crippen LogP contribution in [0.5, 0.6) is 5.75 Å². The normalized spacial score (nSPS) is 19.8. The van der Waals surface area contributed by atoms with Crippen molar-refractivity contribution in [3.8, 4) is 5.75 Å². The molecule has 1 heterocycles. The molecule has 0 saturated carbocycles. The lowest BCUT2D eigenvalue weighted by atomic mass is 10.2. The summed E-state index contributed by atoms with van der Waals surface area (Å²) in [6.45, 7) is 4.95. The molecular weight excluding hydrogens is 228 g/mol. The molecule has 1 aromatic rings. The van der Waals surface area contributed by atoms with Crippen LogP contribution in [-0.4, -0.2) is 18.9 Å². The van der Waals surface area contributed by atoms with Crippen LogP contribution in [0, 0.1) is 0 Å². The van der Waals surface area contributed by atoms with Crippen molar-refractivity contribution >= 4 is 11.4 Å². The summed E-state index contributed by atoms with van der Waals surface area (Å²) in [5.74, 6) is 0.805. The van der Waals surface area contributed by atoms with Crippen LogP contribution in [0.3, 0.4) is 0 Å². The zero-order valence-electron chi connectivity index (χ0n) is 11.1. The summed E-state index contributed by atoms with van der Waals surface area (Å²) in [7, 11) is 0. The maximum atomic E-state index is 5.92. The first-order valence-electron chi connectivity index (χ1n) is 6.59. The molecule has 100 valence electrons. The van der Waals surface area contributed by atoms with E-state index in [4.69, 9.17) is 15.2 Å². The van der Waals surface area contributed by atoms with Gasteiger partial charge in [-0.2, -0.15) is 0 Å². The number of anilines is 2. The molecule has 4 nitrogen and oxygen atoms in total. The van der Waals surface area contributed by atoms with E-state index in [9.17, 15) is 0 Å². The van der Waals surface area contributed by atoms with Crippen LogP contribution in [-0.2, 0) is 4.74 Å². The summed E-state index contributed by atoms with van der Waals surface area (Å²) in [4.78, 5) is 0. The van der Waals surface area contributed by atoms with E-state index in [-0.39, 0.29) is 6.29 Å². The standard InChI is InChI=1S/C14H22N2O2/c1-10(2)16-13-9-11(6-7-12(13)15)18-14-5-3-4-8-17-14/h6-7,9-10,14,16H,3-5,8,15H2,1-2H3. The predicted molar refractivity (Wildman–Crippen MR) is 73.8 cm³/mol. The molecular formula is C14H22N2O2. The second-order valence-corrected chi connectivity index (χ2v) is 4.96. The topological polar surface area (TPSA) is 56.5 Å². The van der Waals surface area contributed by atoms with Crippen LogP contribution in [0.2, 0.25) is 0 Å². The molecule has 1 saturated heterocycles. The molecule has 3 N–H and O–H groups in total. The minimum absolute atomic E-state index is 0.116. The molecule has 1 aromatic carbocycles. The second-order valence-electron chi connectivity index (χ2n) is 4.96. The van der Waals surface area contributed by atoms with E-state index < -0.39 is 0 Å². The summed E-state index contributed by atoms with van der Waals surface area (Å²) < 4.78 is 11.4. The summed E-state index contributed by atoms with van der Waals surface area (Å²) in [6, 6.07) is 6.03. The number of rotatable bonds is 4. The molecule has 0 aliphatic carbocycles. The summed E-state index contributed by atoms with van der Waals surface area (Å²) in [5, 5.41) is 3.30. The molecule has 1 aliphatic rings. The molecule has 1 atom stereocenters. The fourth-order valence-corrected chi connectivity index (χ4v) is 2.00. The molecule has 0 spiro atoms. The van der Waals surface area contributed by atoms with Gasteiger partial charge in [0.2, 0.25) is 0 Å². The van der Waals surface area contributed by atoms with E-state index in [0.29, 0.717) is 6.04 Å². The van der Waals surface area contributed by atoms with Gasteiger partial charge in [-0.3, -0.25) is 0 Å². The van der Waals surface area contributed by atoms with Crippen molar-refractivity contribution in [3.63, 3.8) is 0 Å². The smallest absolute Gasteiger partial charge is 0.199 e. The van der Waals surface area contributed by atoms with Crippen molar-refractivity contribution in [1.82, 2.24) is 0 Å². The molecule has 1 unspecified atom stereocenters. The van der Waals surface area contributed by atoms with E-state index >= 15 is 0 Å². The number of ether oxygens (including phenoxy) is 2. The maximum Gasteiger partial charge on any atom is 0.199 e. The van der Waals surface area contributed by atoms with Crippen LogP contribution < -0.4 is 15.8 Å². The fourth-order valence-electron chi connectivity index (χ4n) is 2.00. The average molecular weight is 250 g/mol. The third kappa shape index (κ3) is 3.53. The Morgan fingerprint density at radius 3 is 2.89 bits per heavy atom. The van der Waals surface area contributed by atoms with E-state index in [1.807, 2.05) is 18.2 Å². The summed E-state index contributed by atoms with van der Waals surface area (Å²) in [6.07, 6.45) is 3.13. The first-order chi connectivity index (χ1) is 8.65. The lowest BCUT2D eigenvalue weighted by Gasteiger charge is -2.24. The molecule has 0 bridgehead atoms. The molecule has 0 amide bonds. The van der Waals surface area contributed by atoms with Gasteiger partial charge in [-0.15, -0.1) is 0 Å². The Bertz CT molecular complexity index is 387. The zero-order chi connectivity index (χ0) is 13.0. The number of benzene rings is 1. The first-order valence-corrected chi connectivity index (χ1v) is 6.59. The Balaban J connectivity index is 2.03. The summed E-state index contributed by atoms with van der Waals surface area (Å²) in [5.41, 5.74) is 7.57. The highest BCUT2D eigenvalue weighted by Gasteiger charge is 2.15. The second kappa shape index (κ2) is 5.96. The minimum Gasteiger partial charge on any atom is -0.465 e. The largest absolute Gasteiger partial charge is 0.465 e. The van der Waals surface area contributed by atoms with Gasteiger partial charge in [0.25, 0.3) is 0 Å². The van der Waals surface area contributed by atoms with Crippen molar-refractivity contribution < 1.29 is 9.47 Å². The van der Waals surface area contributed by atoms with Gasteiger partial charge >= 0.3 is 0 Å². The number of nitrogen functional groups attached to an aromatic ring is 1. The van der Waals surface area contributed by atoms with Crippen LogP contribution in [0.25, 0.3) is 0 Å². The van der Waals surface area contributed by atoms with Crippen LogP contribution in [0.15, 0.2) is 18.2 Å². The van der Waals surface area contributed by atoms with Crippen LogP contribution in [0.4, 0.5) is 11.4 Å². The maximum absolute atomic E-state index is 5.92. The highest BCUT2D eigenvalue weighted by Crippen LogP contribution is 2.27. The first kappa shape index (κ1) is 13.0. The van der Waals surface area contributed by atoms with Gasteiger partial charge in [-0.05, 0) is 38.8 Å². The van der Waals surface area contributed by atoms with E-state index in [0.717, 1.165) is 43.0 Å². The van der Waals surface area contributed by atoms with Crippen molar-refractivity contribution in [2.45, 2.75) is 45.4 Å². The highest BCUT2D eigenvalue weighted by molar-refractivity contribution is 5.68. The number of nitrogens with one attached hydrogen (secondary N) is 1. The minimum atomic E-state index is -0.116. The highest BCUT2D eigenvalue weighted by atomic mass is 16.7. The lowest BCUT2D eigenvalue weighted by Crippen LogP contribution is -2.25. The van der Waals surface area contributed by atoms with Crippen LogP contribution >= 0.6 is 0 Å². The number of hydrogen-bond donors (Lipinski definition) is 2. The van der Waals surface area contributed by atoms with Gasteiger partial charge in [0.1, 0.15) is 5.75 Å². The predicted octanol–water partition coefficient (Wildman–Crippen LogP) is 2.99. The Hall–Kier alpha value is -1.42. The van der Waals surface area contributed by atoms with E-state index in [1.54, 1.807) is 0 Å². The van der Waals surface area contributed by atoms with E-state index in [2.05, 4.69) is 19.2 Å². The SMILES string of the molecule is CC(C)Nc1cc(OC2CCCCO2)ccc1N. The van der Waals surface area contributed by atoms with Gasteiger partial charge in [-0.1, -0.05) is 0 Å². The Labute approximate surface area is 108 Å².